The molecule has 0 unspecified atom stereocenters. The summed E-state index contributed by atoms with van der Waals surface area (Å²) in [5, 5.41) is 3.14. The number of anilines is 1. The minimum Gasteiger partial charge on any atom is -0.488 e. The van der Waals surface area contributed by atoms with E-state index in [0.717, 1.165) is 34.8 Å². The van der Waals surface area contributed by atoms with E-state index >= 15 is 0 Å². The molecule has 4 nitrogen and oxygen atoms in total. The van der Waals surface area contributed by atoms with E-state index in [-0.39, 0.29) is 13.2 Å². The number of carbonyl (C=O) groups excluding carboxylic acids is 1. The van der Waals surface area contributed by atoms with Crippen LogP contribution in [0.5, 0.6) is 5.75 Å². The summed E-state index contributed by atoms with van der Waals surface area (Å²) in [4.78, 5) is 12.6. The molecule has 1 N–H and O–H groups in total. The lowest BCUT2D eigenvalue weighted by atomic mass is 9.93. The molecule has 0 aromatic heterocycles. The number of esters is 1. The molecule has 0 heterocycles. The molecule has 3 aromatic rings. The summed E-state index contributed by atoms with van der Waals surface area (Å²) in [6.45, 7) is 7.87. The highest BCUT2D eigenvalue weighted by Crippen LogP contribution is 2.45. The van der Waals surface area contributed by atoms with E-state index in [9.17, 15) is 18.0 Å². The first kappa shape index (κ1) is 27.0. The standard InChI is InChI=1S/C31H30F3NO3/c1-4-37-30(36)23-15-22(16-25(17-23)35-20(2)3)26-11-8-12-27(26)28-18-24(31(32,33)34)13-14-29(28)38-19-21-9-6-5-7-10-21/h5-7,9-10,13-18,35H,2,4,8,11-12,19H2,1,3H3. The molecule has 7 heteroatoms. The predicted molar refractivity (Wildman–Crippen MR) is 144 cm³/mol. The van der Waals surface area contributed by atoms with E-state index in [4.69, 9.17) is 9.47 Å². The van der Waals surface area contributed by atoms with E-state index in [0.29, 0.717) is 41.1 Å². The number of rotatable bonds is 9. The van der Waals surface area contributed by atoms with Crippen molar-refractivity contribution in [3.63, 3.8) is 0 Å². The fourth-order valence-corrected chi connectivity index (χ4v) is 4.62. The molecule has 0 atom stereocenters. The summed E-state index contributed by atoms with van der Waals surface area (Å²) in [6, 6.07) is 18.4. The minimum absolute atomic E-state index is 0.229. The first-order valence-electron chi connectivity index (χ1n) is 12.5. The number of benzene rings is 3. The van der Waals surface area contributed by atoms with Crippen LogP contribution in [0, 0.1) is 0 Å². The van der Waals surface area contributed by atoms with Gasteiger partial charge in [0.25, 0.3) is 0 Å². The summed E-state index contributed by atoms with van der Waals surface area (Å²) in [7, 11) is 0. The molecule has 1 aliphatic rings. The van der Waals surface area contributed by atoms with Crippen molar-refractivity contribution < 1.29 is 27.4 Å². The van der Waals surface area contributed by atoms with Gasteiger partial charge in [0.2, 0.25) is 0 Å². The molecule has 0 saturated heterocycles. The van der Waals surface area contributed by atoms with Crippen molar-refractivity contribution in [2.24, 2.45) is 0 Å². The Morgan fingerprint density at radius 2 is 1.74 bits per heavy atom. The number of halogens is 3. The largest absolute Gasteiger partial charge is 0.488 e. The molecule has 0 saturated carbocycles. The molecule has 1 aliphatic carbocycles. The first-order valence-corrected chi connectivity index (χ1v) is 12.5. The monoisotopic (exact) mass is 521 g/mol. The van der Waals surface area contributed by atoms with Gasteiger partial charge in [0.15, 0.2) is 0 Å². The van der Waals surface area contributed by atoms with E-state index in [1.165, 1.54) is 12.1 Å². The topological polar surface area (TPSA) is 47.6 Å². The molecule has 3 aromatic carbocycles. The van der Waals surface area contributed by atoms with Crippen LogP contribution in [0.15, 0.2) is 79.0 Å². The Balaban J connectivity index is 1.83. The van der Waals surface area contributed by atoms with Crippen LogP contribution >= 0.6 is 0 Å². The van der Waals surface area contributed by atoms with Gasteiger partial charge in [-0.15, -0.1) is 0 Å². The van der Waals surface area contributed by atoms with Crippen LogP contribution in [0.25, 0.3) is 11.1 Å². The fourth-order valence-electron chi connectivity index (χ4n) is 4.62. The van der Waals surface area contributed by atoms with Gasteiger partial charge in [-0.2, -0.15) is 13.2 Å². The third-order valence-corrected chi connectivity index (χ3v) is 6.24. The highest BCUT2D eigenvalue weighted by molar-refractivity contribution is 5.98. The van der Waals surface area contributed by atoms with Gasteiger partial charge < -0.3 is 14.8 Å². The van der Waals surface area contributed by atoms with Gasteiger partial charge in [0, 0.05) is 16.9 Å². The van der Waals surface area contributed by atoms with Crippen LogP contribution < -0.4 is 10.1 Å². The fraction of sp³-hybridized carbons (Fsp3) is 0.258. The number of alkyl halides is 3. The average Bonchev–Trinajstić information content (AvgIpc) is 3.37. The molecule has 0 fully saturated rings. The summed E-state index contributed by atoms with van der Waals surface area (Å²) < 4.78 is 52.4. The van der Waals surface area contributed by atoms with Crippen LogP contribution in [0.2, 0.25) is 0 Å². The Labute approximate surface area is 220 Å². The molecular weight excluding hydrogens is 491 g/mol. The number of allylic oxidation sites excluding steroid dienone is 3. The second-order valence-corrected chi connectivity index (χ2v) is 9.22. The summed E-state index contributed by atoms with van der Waals surface area (Å²) in [6.07, 6.45) is -2.48. The molecular formula is C31H30F3NO3. The molecule has 38 heavy (non-hydrogen) atoms. The average molecular weight is 522 g/mol. The Bertz CT molecular complexity index is 1360. The second-order valence-electron chi connectivity index (χ2n) is 9.22. The van der Waals surface area contributed by atoms with Gasteiger partial charge >= 0.3 is 12.1 Å². The van der Waals surface area contributed by atoms with E-state index < -0.39 is 17.7 Å². The normalized spacial score (nSPS) is 13.4. The summed E-state index contributed by atoms with van der Waals surface area (Å²) >= 11 is 0. The third kappa shape index (κ3) is 6.46. The van der Waals surface area contributed by atoms with Crippen molar-refractivity contribution in [2.45, 2.75) is 45.9 Å². The van der Waals surface area contributed by atoms with Gasteiger partial charge in [-0.1, -0.05) is 36.9 Å². The minimum atomic E-state index is -4.49. The smallest absolute Gasteiger partial charge is 0.416 e. The maximum Gasteiger partial charge on any atom is 0.416 e. The van der Waals surface area contributed by atoms with Crippen LogP contribution in [0.3, 0.4) is 0 Å². The van der Waals surface area contributed by atoms with Crippen molar-refractivity contribution >= 4 is 22.8 Å². The van der Waals surface area contributed by atoms with Gasteiger partial charge in [0.1, 0.15) is 12.4 Å². The van der Waals surface area contributed by atoms with Crippen LogP contribution in [0.4, 0.5) is 18.9 Å². The maximum absolute atomic E-state index is 13.7. The summed E-state index contributed by atoms with van der Waals surface area (Å²) in [5.41, 5.74) is 4.70. The summed E-state index contributed by atoms with van der Waals surface area (Å²) in [5.74, 6) is -0.0803. The van der Waals surface area contributed by atoms with Crippen molar-refractivity contribution in [1.82, 2.24) is 0 Å². The van der Waals surface area contributed by atoms with Crippen molar-refractivity contribution in [3.8, 4) is 5.75 Å². The number of nitrogens with one attached hydrogen (secondary N) is 1. The SMILES string of the molecule is C=C(C)Nc1cc(C(=O)OCC)cc(C2=C(c3cc(C(F)(F)F)ccc3OCc3ccccc3)CCC2)c1. The van der Waals surface area contributed by atoms with E-state index in [1.807, 2.05) is 36.4 Å². The predicted octanol–water partition coefficient (Wildman–Crippen LogP) is 8.50. The Morgan fingerprint density at radius 3 is 2.42 bits per heavy atom. The Hall–Kier alpha value is -4.00. The van der Waals surface area contributed by atoms with Gasteiger partial charge in [-0.3, -0.25) is 0 Å². The van der Waals surface area contributed by atoms with Crippen molar-refractivity contribution in [1.29, 1.82) is 0 Å². The lowest BCUT2D eigenvalue weighted by Gasteiger charge is -2.18. The molecule has 0 spiro atoms. The Kier molecular flexibility index (Phi) is 8.25. The lowest BCUT2D eigenvalue weighted by Crippen LogP contribution is -2.07. The van der Waals surface area contributed by atoms with Crippen LogP contribution in [-0.2, 0) is 17.5 Å². The van der Waals surface area contributed by atoms with Crippen molar-refractivity contribution in [2.75, 3.05) is 11.9 Å². The zero-order valence-corrected chi connectivity index (χ0v) is 21.5. The number of hydrogen-bond acceptors (Lipinski definition) is 4. The Morgan fingerprint density at radius 1 is 1.00 bits per heavy atom. The second kappa shape index (κ2) is 11.6. The molecule has 0 radical (unpaired) electrons. The van der Waals surface area contributed by atoms with E-state index in [2.05, 4.69) is 11.9 Å². The lowest BCUT2D eigenvalue weighted by molar-refractivity contribution is -0.137. The van der Waals surface area contributed by atoms with Gasteiger partial charge in [-0.05, 0) is 91.8 Å². The van der Waals surface area contributed by atoms with Crippen molar-refractivity contribution in [3.05, 3.63) is 107 Å². The number of carbonyl (C=O) groups is 1. The zero-order chi connectivity index (χ0) is 27.3. The third-order valence-electron chi connectivity index (χ3n) is 6.24. The van der Waals surface area contributed by atoms with Gasteiger partial charge in [-0.25, -0.2) is 4.79 Å². The van der Waals surface area contributed by atoms with Crippen LogP contribution in [-0.4, -0.2) is 12.6 Å². The molecule has 0 amide bonds. The zero-order valence-electron chi connectivity index (χ0n) is 21.5. The number of hydrogen-bond donors (Lipinski definition) is 1. The molecule has 0 bridgehead atoms. The van der Waals surface area contributed by atoms with E-state index in [1.54, 1.807) is 26.0 Å². The molecule has 0 aliphatic heterocycles. The van der Waals surface area contributed by atoms with Crippen LogP contribution in [0.1, 0.15) is 65.7 Å². The maximum atomic E-state index is 13.7. The molecule has 4 rings (SSSR count). The highest BCUT2D eigenvalue weighted by atomic mass is 19.4. The van der Waals surface area contributed by atoms with Gasteiger partial charge in [0.05, 0.1) is 17.7 Å². The number of ether oxygens (including phenoxy) is 2. The first-order chi connectivity index (χ1) is 18.2. The quantitative estimate of drug-likeness (QED) is 0.287. The highest BCUT2D eigenvalue weighted by Gasteiger charge is 2.32. The molecule has 198 valence electrons.